The standard InChI is InChI=1S/C9H17N5O2/c1-7(2)4-14-9(11-6-12-14)3-13-16-5-8(10)15/h6-7,13H,3-5H2,1-2H3,(H2,10,15). The van der Waals surface area contributed by atoms with Crippen LogP contribution < -0.4 is 11.2 Å². The summed E-state index contributed by atoms with van der Waals surface area (Å²) < 4.78 is 1.80. The summed E-state index contributed by atoms with van der Waals surface area (Å²) in [7, 11) is 0. The molecule has 0 saturated heterocycles. The number of hydroxylamine groups is 1. The average Bonchev–Trinajstić information content (AvgIpc) is 2.59. The largest absolute Gasteiger partial charge is 0.368 e. The van der Waals surface area contributed by atoms with E-state index in [9.17, 15) is 4.79 Å². The number of primary amides is 1. The Morgan fingerprint density at radius 2 is 2.44 bits per heavy atom. The van der Waals surface area contributed by atoms with Gasteiger partial charge < -0.3 is 5.73 Å². The Bertz CT molecular complexity index is 336. The number of carbonyl (C=O) groups excluding carboxylic acids is 1. The third-order valence-electron chi connectivity index (χ3n) is 1.78. The maximum atomic E-state index is 10.4. The second-order valence-corrected chi connectivity index (χ2v) is 3.83. The van der Waals surface area contributed by atoms with Crippen molar-refractivity contribution in [2.75, 3.05) is 6.61 Å². The summed E-state index contributed by atoms with van der Waals surface area (Å²) in [6.45, 7) is 5.23. The van der Waals surface area contributed by atoms with E-state index in [0.29, 0.717) is 12.5 Å². The van der Waals surface area contributed by atoms with E-state index < -0.39 is 5.91 Å². The van der Waals surface area contributed by atoms with Crippen molar-refractivity contribution in [2.24, 2.45) is 11.7 Å². The number of nitrogens with zero attached hydrogens (tertiary/aromatic N) is 3. The zero-order valence-corrected chi connectivity index (χ0v) is 9.51. The number of amides is 1. The Morgan fingerprint density at radius 1 is 1.69 bits per heavy atom. The molecule has 0 unspecified atom stereocenters. The highest BCUT2D eigenvalue weighted by Crippen LogP contribution is 2.00. The van der Waals surface area contributed by atoms with E-state index in [2.05, 4.69) is 29.4 Å². The van der Waals surface area contributed by atoms with Gasteiger partial charge in [-0.2, -0.15) is 10.6 Å². The van der Waals surface area contributed by atoms with Crippen LogP contribution >= 0.6 is 0 Å². The summed E-state index contributed by atoms with van der Waals surface area (Å²) in [5, 5.41) is 4.09. The monoisotopic (exact) mass is 227 g/mol. The van der Waals surface area contributed by atoms with Crippen LogP contribution in [0.2, 0.25) is 0 Å². The third kappa shape index (κ3) is 4.37. The van der Waals surface area contributed by atoms with Gasteiger partial charge in [0, 0.05) is 6.54 Å². The molecule has 0 bridgehead atoms. The van der Waals surface area contributed by atoms with E-state index in [1.54, 1.807) is 4.68 Å². The first kappa shape index (κ1) is 12.6. The first-order valence-corrected chi connectivity index (χ1v) is 5.09. The molecule has 16 heavy (non-hydrogen) atoms. The van der Waals surface area contributed by atoms with Crippen LogP contribution in [0.15, 0.2) is 6.33 Å². The van der Waals surface area contributed by atoms with E-state index in [-0.39, 0.29) is 6.61 Å². The quantitative estimate of drug-likeness (QED) is 0.481. The van der Waals surface area contributed by atoms with Crippen molar-refractivity contribution in [1.29, 1.82) is 0 Å². The second kappa shape index (κ2) is 6.19. The molecule has 7 nitrogen and oxygen atoms in total. The molecule has 1 aromatic rings. The van der Waals surface area contributed by atoms with Gasteiger partial charge in [-0.25, -0.2) is 9.67 Å². The first-order valence-electron chi connectivity index (χ1n) is 5.09. The molecular weight excluding hydrogens is 210 g/mol. The van der Waals surface area contributed by atoms with Crippen LogP contribution in [0.1, 0.15) is 19.7 Å². The SMILES string of the molecule is CC(C)Cn1ncnc1CNOCC(N)=O. The average molecular weight is 227 g/mol. The summed E-state index contributed by atoms with van der Waals surface area (Å²) in [5.41, 5.74) is 7.52. The molecule has 0 aliphatic rings. The number of aromatic nitrogens is 3. The van der Waals surface area contributed by atoms with Gasteiger partial charge in [0.05, 0.1) is 6.54 Å². The Balaban J connectivity index is 2.35. The molecule has 1 amide bonds. The minimum absolute atomic E-state index is 0.154. The molecule has 1 rings (SSSR count). The van der Waals surface area contributed by atoms with Crippen molar-refractivity contribution in [2.45, 2.75) is 26.9 Å². The number of carbonyl (C=O) groups is 1. The fraction of sp³-hybridized carbons (Fsp3) is 0.667. The van der Waals surface area contributed by atoms with Crippen LogP contribution in [0.25, 0.3) is 0 Å². The summed E-state index contributed by atoms with van der Waals surface area (Å²) in [4.78, 5) is 19.3. The van der Waals surface area contributed by atoms with E-state index in [4.69, 9.17) is 10.6 Å². The van der Waals surface area contributed by atoms with Crippen LogP contribution in [0.4, 0.5) is 0 Å². The minimum Gasteiger partial charge on any atom is -0.368 e. The number of hydrogen-bond donors (Lipinski definition) is 2. The highest BCUT2D eigenvalue weighted by molar-refractivity contribution is 5.74. The molecular formula is C9H17N5O2. The van der Waals surface area contributed by atoms with E-state index in [1.165, 1.54) is 6.33 Å². The predicted molar refractivity (Wildman–Crippen MR) is 56.8 cm³/mol. The molecule has 0 saturated carbocycles. The summed E-state index contributed by atoms with van der Waals surface area (Å²) in [6.07, 6.45) is 1.49. The van der Waals surface area contributed by atoms with Crippen molar-refractivity contribution in [3.8, 4) is 0 Å². The van der Waals surface area contributed by atoms with Crippen LogP contribution in [0.3, 0.4) is 0 Å². The van der Waals surface area contributed by atoms with Crippen LogP contribution in [0.5, 0.6) is 0 Å². The maximum Gasteiger partial charge on any atom is 0.245 e. The molecule has 0 aromatic carbocycles. The normalized spacial score (nSPS) is 10.9. The molecule has 0 spiro atoms. The van der Waals surface area contributed by atoms with Gasteiger partial charge in [-0.05, 0) is 5.92 Å². The highest BCUT2D eigenvalue weighted by Gasteiger charge is 2.05. The third-order valence-corrected chi connectivity index (χ3v) is 1.78. The smallest absolute Gasteiger partial charge is 0.245 e. The van der Waals surface area contributed by atoms with Gasteiger partial charge in [0.25, 0.3) is 0 Å². The van der Waals surface area contributed by atoms with Gasteiger partial charge in [0.1, 0.15) is 18.8 Å². The Kier molecular flexibility index (Phi) is 4.87. The maximum absolute atomic E-state index is 10.4. The molecule has 0 radical (unpaired) electrons. The van der Waals surface area contributed by atoms with Crippen LogP contribution in [0, 0.1) is 5.92 Å². The number of rotatable bonds is 7. The molecule has 0 fully saturated rings. The van der Waals surface area contributed by atoms with Gasteiger partial charge in [0.2, 0.25) is 5.91 Å². The molecule has 7 heteroatoms. The zero-order valence-electron chi connectivity index (χ0n) is 9.51. The molecule has 3 N–H and O–H groups in total. The summed E-state index contributed by atoms with van der Waals surface area (Å²) >= 11 is 0. The number of hydrogen-bond acceptors (Lipinski definition) is 5. The van der Waals surface area contributed by atoms with Gasteiger partial charge in [-0.1, -0.05) is 13.8 Å². The molecule has 0 atom stereocenters. The first-order chi connectivity index (χ1) is 7.59. The van der Waals surface area contributed by atoms with Crippen molar-refractivity contribution in [1.82, 2.24) is 20.2 Å². The molecule has 1 heterocycles. The topological polar surface area (TPSA) is 95.1 Å². The van der Waals surface area contributed by atoms with Crippen LogP contribution in [-0.2, 0) is 22.7 Å². The zero-order chi connectivity index (χ0) is 12.0. The van der Waals surface area contributed by atoms with Gasteiger partial charge in [0.15, 0.2) is 0 Å². The van der Waals surface area contributed by atoms with Crippen molar-refractivity contribution < 1.29 is 9.63 Å². The van der Waals surface area contributed by atoms with Crippen molar-refractivity contribution in [3.05, 3.63) is 12.2 Å². The minimum atomic E-state index is -0.517. The van der Waals surface area contributed by atoms with Gasteiger partial charge in [-0.3, -0.25) is 9.63 Å². The summed E-state index contributed by atoms with van der Waals surface area (Å²) in [6, 6.07) is 0. The Labute approximate surface area is 93.9 Å². The molecule has 0 aliphatic carbocycles. The lowest BCUT2D eigenvalue weighted by atomic mass is 10.2. The highest BCUT2D eigenvalue weighted by atomic mass is 16.6. The molecule has 0 aliphatic heterocycles. The van der Waals surface area contributed by atoms with Gasteiger partial charge in [-0.15, -0.1) is 0 Å². The fourth-order valence-corrected chi connectivity index (χ4v) is 1.16. The van der Waals surface area contributed by atoms with Crippen molar-refractivity contribution in [3.63, 3.8) is 0 Å². The molecule has 90 valence electrons. The summed E-state index contributed by atoms with van der Waals surface area (Å²) in [5.74, 6) is 0.737. The Hall–Kier alpha value is -1.47. The predicted octanol–water partition coefficient (Wildman–Crippen LogP) is -0.559. The Morgan fingerprint density at radius 3 is 3.06 bits per heavy atom. The van der Waals surface area contributed by atoms with E-state index in [1.807, 2.05) is 0 Å². The second-order valence-electron chi connectivity index (χ2n) is 3.83. The fourth-order valence-electron chi connectivity index (χ4n) is 1.16. The lowest BCUT2D eigenvalue weighted by Crippen LogP contribution is -2.26. The van der Waals surface area contributed by atoms with E-state index >= 15 is 0 Å². The molecule has 1 aromatic heterocycles. The van der Waals surface area contributed by atoms with Crippen LogP contribution in [-0.4, -0.2) is 27.3 Å². The number of nitrogens with one attached hydrogen (secondary N) is 1. The van der Waals surface area contributed by atoms with E-state index in [0.717, 1.165) is 12.4 Å². The number of nitrogens with two attached hydrogens (primary N) is 1. The van der Waals surface area contributed by atoms with Crippen molar-refractivity contribution >= 4 is 5.91 Å². The lowest BCUT2D eigenvalue weighted by molar-refractivity contribution is -0.125. The van der Waals surface area contributed by atoms with Gasteiger partial charge >= 0.3 is 0 Å². The lowest BCUT2D eigenvalue weighted by Gasteiger charge is -2.08.